The van der Waals surface area contributed by atoms with Crippen LogP contribution in [-0.2, 0) is 28.8 Å². The molecule has 0 saturated carbocycles. The van der Waals surface area contributed by atoms with E-state index in [4.69, 9.17) is 27.4 Å². The van der Waals surface area contributed by atoms with Gasteiger partial charge in [-0.05, 0) is 32.7 Å². The fourth-order valence-corrected chi connectivity index (χ4v) is 2.65. The summed E-state index contributed by atoms with van der Waals surface area (Å²) in [5.74, 6) is -6.89. The van der Waals surface area contributed by atoms with Crippen molar-refractivity contribution in [3.8, 4) is 0 Å². The molecule has 33 heavy (non-hydrogen) atoms. The van der Waals surface area contributed by atoms with E-state index in [0.29, 0.717) is 19.4 Å². The molecule has 5 unspecified atom stereocenters. The Morgan fingerprint density at radius 1 is 0.848 bits per heavy atom. The van der Waals surface area contributed by atoms with Crippen molar-refractivity contribution in [2.45, 2.75) is 69.3 Å². The molecule has 4 amide bonds. The van der Waals surface area contributed by atoms with Gasteiger partial charge in [0.25, 0.3) is 0 Å². The van der Waals surface area contributed by atoms with Crippen molar-refractivity contribution in [3.05, 3.63) is 0 Å². The van der Waals surface area contributed by atoms with Crippen LogP contribution < -0.4 is 33.2 Å². The Kier molecular flexibility index (Phi) is 13.2. The molecule has 0 aliphatic heterocycles. The van der Waals surface area contributed by atoms with E-state index in [1.54, 1.807) is 0 Å². The SMILES string of the molecule is CC(O)C(NC(=O)C(CC(=O)O)NC(=O)C(CCCCN)NC(=O)C(N)CC(N)=O)C(=O)O. The molecule has 15 heteroatoms. The van der Waals surface area contributed by atoms with Crippen molar-refractivity contribution < 1.29 is 44.1 Å². The molecule has 0 rings (SSSR count). The van der Waals surface area contributed by atoms with Gasteiger partial charge in [-0.2, -0.15) is 0 Å². The van der Waals surface area contributed by atoms with Gasteiger partial charge in [-0.3, -0.25) is 24.0 Å². The van der Waals surface area contributed by atoms with Crippen LogP contribution in [0.2, 0.25) is 0 Å². The number of nitrogens with one attached hydrogen (secondary N) is 3. The lowest BCUT2D eigenvalue weighted by molar-refractivity contribution is -0.146. The van der Waals surface area contributed by atoms with Crippen LogP contribution in [0, 0.1) is 0 Å². The summed E-state index contributed by atoms with van der Waals surface area (Å²) >= 11 is 0. The number of rotatable bonds is 16. The number of aliphatic hydroxyl groups excluding tert-OH is 1. The minimum atomic E-state index is -1.75. The van der Waals surface area contributed by atoms with Crippen molar-refractivity contribution >= 4 is 35.6 Å². The van der Waals surface area contributed by atoms with Crippen LogP contribution in [0.3, 0.4) is 0 Å². The van der Waals surface area contributed by atoms with E-state index in [1.165, 1.54) is 0 Å². The van der Waals surface area contributed by atoms with E-state index in [0.717, 1.165) is 6.92 Å². The molecule has 15 nitrogen and oxygen atoms in total. The summed E-state index contributed by atoms with van der Waals surface area (Å²) in [6.07, 6.45) is -2.00. The minimum Gasteiger partial charge on any atom is -0.481 e. The third-order valence-electron chi connectivity index (χ3n) is 4.40. The lowest BCUT2D eigenvalue weighted by Gasteiger charge is -2.25. The van der Waals surface area contributed by atoms with Crippen LogP contribution in [0.5, 0.6) is 0 Å². The summed E-state index contributed by atoms with van der Waals surface area (Å²) in [5.41, 5.74) is 16.0. The predicted molar refractivity (Wildman–Crippen MR) is 112 cm³/mol. The number of hydrogen-bond acceptors (Lipinski definition) is 9. The van der Waals surface area contributed by atoms with E-state index < -0.39 is 78.7 Å². The van der Waals surface area contributed by atoms with E-state index in [1.807, 2.05) is 5.32 Å². The molecule has 5 atom stereocenters. The molecule has 0 aliphatic rings. The Labute approximate surface area is 189 Å². The fourth-order valence-electron chi connectivity index (χ4n) is 2.65. The van der Waals surface area contributed by atoms with Crippen LogP contribution in [0.4, 0.5) is 0 Å². The quantitative estimate of drug-likeness (QED) is 0.0960. The number of nitrogens with two attached hydrogens (primary N) is 3. The lowest BCUT2D eigenvalue weighted by Crippen LogP contribution is -2.58. The first-order valence-electron chi connectivity index (χ1n) is 10.1. The zero-order chi connectivity index (χ0) is 25.7. The third kappa shape index (κ3) is 11.8. The second-order valence-electron chi connectivity index (χ2n) is 7.35. The molecule has 0 aromatic rings. The highest BCUT2D eigenvalue weighted by Gasteiger charge is 2.33. The van der Waals surface area contributed by atoms with Gasteiger partial charge in [0.1, 0.15) is 12.1 Å². The number of aliphatic hydroxyl groups is 1. The van der Waals surface area contributed by atoms with Gasteiger partial charge in [0.15, 0.2) is 6.04 Å². The third-order valence-corrected chi connectivity index (χ3v) is 4.40. The highest BCUT2D eigenvalue weighted by Crippen LogP contribution is 2.05. The maximum atomic E-state index is 12.7. The smallest absolute Gasteiger partial charge is 0.328 e. The Morgan fingerprint density at radius 2 is 1.39 bits per heavy atom. The molecule has 0 aromatic heterocycles. The Balaban J connectivity index is 5.53. The van der Waals surface area contributed by atoms with Crippen LogP contribution >= 0.6 is 0 Å². The molecule has 0 spiro atoms. The minimum absolute atomic E-state index is 0.0465. The highest BCUT2D eigenvalue weighted by atomic mass is 16.4. The first-order valence-corrected chi connectivity index (χ1v) is 10.1. The summed E-state index contributed by atoms with van der Waals surface area (Å²) in [5, 5.41) is 34.1. The number of aliphatic carboxylic acids is 2. The van der Waals surface area contributed by atoms with Gasteiger partial charge in [0, 0.05) is 0 Å². The van der Waals surface area contributed by atoms with Crippen LogP contribution in [0.1, 0.15) is 39.0 Å². The number of carbonyl (C=O) groups is 6. The summed E-state index contributed by atoms with van der Waals surface area (Å²) in [6.45, 7) is 1.39. The lowest BCUT2D eigenvalue weighted by atomic mass is 10.1. The van der Waals surface area contributed by atoms with Crippen molar-refractivity contribution in [1.82, 2.24) is 16.0 Å². The predicted octanol–water partition coefficient (Wildman–Crippen LogP) is -4.29. The largest absolute Gasteiger partial charge is 0.481 e. The Morgan fingerprint density at radius 3 is 1.85 bits per heavy atom. The molecule has 0 aromatic carbocycles. The Hall–Kier alpha value is -3.30. The van der Waals surface area contributed by atoms with E-state index >= 15 is 0 Å². The van der Waals surface area contributed by atoms with E-state index in [-0.39, 0.29) is 6.42 Å². The normalized spacial score (nSPS) is 15.3. The summed E-state index contributed by atoms with van der Waals surface area (Å²) in [6, 6.07) is -6.08. The number of carboxylic acid groups (broad SMARTS) is 2. The van der Waals surface area contributed by atoms with Crippen molar-refractivity contribution in [3.63, 3.8) is 0 Å². The zero-order valence-electron chi connectivity index (χ0n) is 18.2. The van der Waals surface area contributed by atoms with Gasteiger partial charge in [0.2, 0.25) is 23.6 Å². The number of primary amides is 1. The number of unbranched alkanes of at least 4 members (excludes halogenated alkanes) is 1. The van der Waals surface area contributed by atoms with Gasteiger partial charge in [-0.25, -0.2) is 4.79 Å². The second-order valence-corrected chi connectivity index (χ2v) is 7.35. The second kappa shape index (κ2) is 14.7. The van der Waals surface area contributed by atoms with Gasteiger partial charge < -0.3 is 48.5 Å². The molecule has 0 heterocycles. The standard InChI is InChI=1S/C18H32N6O9/c1-8(25)14(18(32)33)24-17(31)11(7-13(27)28)23-16(30)10(4-2-3-5-19)22-15(29)9(20)6-12(21)26/h8-11,14,25H,2-7,19-20H2,1H3,(H2,21,26)(H,22,29)(H,23,30)(H,24,31)(H,27,28)(H,32,33). The topological polar surface area (TPSA) is 277 Å². The maximum Gasteiger partial charge on any atom is 0.328 e. The molecule has 0 bridgehead atoms. The number of carbonyl (C=O) groups excluding carboxylic acids is 4. The molecule has 0 radical (unpaired) electrons. The number of hydrogen-bond donors (Lipinski definition) is 9. The molecule has 0 fully saturated rings. The van der Waals surface area contributed by atoms with Gasteiger partial charge in [-0.1, -0.05) is 0 Å². The van der Waals surface area contributed by atoms with Gasteiger partial charge >= 0.3 is 11.9 Å². The summed E-state index contributed by atoms with van der Waals surface area (Å²) in [4.78, 5) is 70.7. The molecular formula is C18H32N6O9. The number of amides is 4. The van der Waals surface area contributed by atoms with Crippen molar-refractivity contribution in [2.75, 3.05) is 6.54 Å². The molecule has 0 aliphatic carbocycles. The van der Waals surface area contributed by atoms with Crippen molar-refractivity contribution in [1.29, 1.82) is 0 Å². The maximum absolute atomic E-state index is 12.7. The van der Waals surface area contributed by atoms with Crippen LogP contribution in [0.25, 0.3) is 0 Å². The molecule has 0 saturated heterocycles. The van der Waals surface area contributed by atoms with E-state index in [9.17, 15) is 33.9 Å². The molecule has 188 valence electrons. The molecule has 12 N–H and O–H groups in total. The number of carboxylic acids is 2. The first kappa shape index (κ1) is 29.7. The highest BCUT2D eigenvalue weighted by molar-refractivity contribution is 5.96. The van der Waals surface area contributed by atoms with Crippen molar-refractivity contribution in [2.24, 2.45) is 17.2 Å². The summed E-state index contributed by atoms with van der Waals surface area (Å²) < 4.78 is 0. The first-order chi connectivity index (χ1) is 15.3. The van der Waals surface area contributed by atoms with E-state index in [2.05, 4.69) is 10.6 Å². The van der Waals surface area contributed by atoms with Gasteiger partial charge in [0.05, 0.1) is 25.0 Å². The van der Waals surface area contributed by atoms with Gasteiger partial charge in [-0.15, -0.1) is 0 Å². The average Bonchev–Trinajstić information content (AvgIpc) is 2.68. The molecular weight excluding hydrogens is 444 g/mol. The fraction of sp³-hybridized carbons (Fsp3) is 0.667. The Bertz CT molecular complexity index is 730. The van der Waals surface area contributed by atoms with Crippen LogP contribution in [-0.4, -0.2) is 87.7 Å². The van der Waals surface area contributed by atoms with Crippen LogP contribution in [0.15, 0.2) is 0 Å². The monoisotopic (exact) mass is 476 g/mol. The average molecular weight is 476 g/mol. The summed E-state index contributed by atoms with van der Waals surface area (Å²) in [7, 11) is 0. The zero-order valence-corrected chi connectivity index (χ0v) is 18.2.